The maximum absolute atomic E-state index is 13.4. The van der Waals surface area contributed by atoms with Crippen molar-refractivity contribution < 1.29 is 28.2 Å². The van der Waals surface area contributed by atoms with Gasteiger partial charge in [0.2, 0.25) is 0 Å². The highest BCUT2D eigenvalue weighted by Gasteiger charge is 2.45. The van der Waals surface area contributed by atoms with Crippen LogP contribution in [-0.2, 0) is 23.1 Å². The van der Waals surface area contributed by atoms with Gasteiger partial charge in [0.1, 0.15) is 17.8 Å². The van der Waals surface area contributed by atoms with Gasteiger partial charge in [-0.1, -0.05) is 45.9 Å². The number of hydrogen-bond acceptors (Lipinski definition) is 9. The highest BCUT2D eigenvalue weighted by Crippen LogP contribution is 2.57. The molecule has 37 heavy (non-hydrogen) atoms. The molecule has 1 aromatic carbocycles. The molecule has 2 aliphatic rings. The minimum Gasteiger partial charge on any atom is -0.390 e. The summed E-state index contributed by atoms with van der Waals surface area (Å²) in [4.78, 5) is 29.0. The SMILES string of the molecule is COC(CC1CN(C)P(=O)(OC[C@H]2O[C@@H](n3cc(/C=C/Br)c(=O)[nH]c3=O)C[C@@H]2O)O1)Sc1ccccc1. The van der Waals surface area contributed by atoms with Crippen LogP contribution in [0.1, 0.15) is 24.6 Å². The number of aromatic amines is 1. The van der Waals surface area contributed by atoms with Crippen molar-refractivity contribution in [3.05, 3.63) is 67.9 Å². The summed E-state index contributed by atoms with van der Waals surface area (Å²) >= 11 is 4.66. The number of aliphatic hydroxyl groups is 1. The Morgan fingerprint density at radius 1 is 1.35 bits per heavy atom. The second-order valence-corrected chi connectivity index (χ2v) is 12.5. The van der Waals surface area contributed by atoms with E-state index < -0.39 is 37.4 Å². The maximum Gasteiger partial charge on any atom is 0.408 e. The molecule has 1 aromatic heterocycles. The molecule has 0 spiro atoms. The molecule has 0 amide bonds. The monoisotopic (exact) mass is 617 g/mol. The van der Waals surface area contributed by atoms with E-state index in [-0.39, 0.29) is 30.1 Å². The van der Waals surface area contributed by atoms with Crippen LogP contribution in [0.3, 0.4) is 0 Å². The third-order valence-electron chi connectivity index (χ3n) is 6.05. The van der Waals surface area contributed by atoms with Crippen LogP contribution in [0.5, 0.6) is 0 Å². The van der Waals surface area contributed by atoms with E-state index in [1.54, 1.807) is 25.9 Å². The molecule has 2 aliphatic heterocycles. The molecular formula is C23H29BrN3O8PS. The van der Waals surface area contributed by atoms with Crippen molar-refractivity contribution in [1.82, 2.24) is 14.2 Å². The standard InChI is InChI=1S/C23H29BrN3O8PS/c1-26-13-16(10-21(32-2)37-17-6-4-3-5-7-17)35-36(26,31)33-14-19-18(28)11-20(34-19)27-12-15(8-9-24)22(29)25-23(27)30/h3-9,12,16,18-21,28H,10-11,13-14H2,1-2H3,(H,25,29,30)/b9-8+/t16?,18-,19+,20+,21?,36?/m0/s1. The van der Waals surface area contributed by atoms with E-state index in [1.807, 2.05) is 30.3 Å². The van der Waals surface area contributed by atoms with Crippen molar-refractivity contribution >= 4 is 41.5 Å². The van der Waals surface area contributed by atoms with Gasteiger partial charge in [0, 0.05) is 37.6 Å². The van der Waals surface area contributed by atoms with Crippen molar-refractivity contribution in [3.63, 3.8) is 0 Å². The topological polar surface area (TPSA) is 132 Å². The zero-order chi connectivity index (χ0) is 26.6. The molecule has 2 saturated heterocycles. The molecule has 11 nitrogen and oxygen atoms in total. The quantitative estimate of drug-likeness (QED) is 0.233. The van der Waals surface area contributed by atoms with Gasteiger partial charge in [-0.3, -0.25) is 23.4 Å². The number of nitrogens with zero attached hydrogens (tertiary/aromatic N) is 2. The molecule has 0 aliphatic carbocycles. The van der Waals surface area contributed by atoms with Crippen LogP contribution in [0.15, 0.2) is 56.0 Å². The summed E-state index contributed by atoms with van der Waals surface area (Å²) in [6.07, 6.45) is 0.410. The van der Waals surface area contributed by atoms with Crippen molar-refractivity contribution in [2.45, 2.75) is 47.7 Å². The largest absolute Gasteiger partial charge is 0.408 e. The number of benzene rings is 1. The van der Waals surface area contributed by atoms with Crippen LogP contribution >= 0.6 is 35.4 Å². The molecular weight excluding hydrogens is 589 g/mol. The number of halogens is 1. The Balaban J connectivity index is 1.35. The van der Waals surface area contributed by atoms with E-state index in [0.717, 1.165) is 4.90 Å². The molecule has 6 atom stereocenters. The number of rotatable bonds is 10. The number of aromatic nitrogens is 2. The fourth-order valence-electron chi connectivity index (χ4n) is 4.11. The molecule has 3 unspecified atom stereocenters. The lowest BCUT2D eigenvalue weighted by atomic mass is 10.2. The van der Waals surface area contributed by atoms with Gasteiger partial charge >= 0.3 is 13.4 Å². The lowest BCUT2D eigenvalue weighted by Crippen LogP contribution is -2.33. The summed E-state index contributed by atoms with van der Waals surface area (Å²) in [6, 6.07) is 9.83. The first kappa shape index (κ1) is 28.5. The molecule has 2 fully saturated rings. The second-order valence-electron chi connectivity index (χ2n) is 8.64. The van der Waals surface area contributed by atoms with Crippen LogP contribution in [0.2, 0.25) is 0 Å². The summed E-state index contributed by atoms with van der Waals surface area (Å²) < 4.78 is 39.1. The first-order valence-corrected chi connectivity index (χ1v) is 14.9. The van der Waals surface area contributed by atoms with Gasteiger partial charge in [-0.2, -0.15) is 0 Å². The van der Waals surface area contributed by atoms with Crippen LogP contribution in [-0.4, -0.2) is 70.4 Å². The molecule has 0 bridgehead atoms. The summed E-state index contributed by atoms with van der Waals surface area (Å²) in [6.45, 7) is 0.185. The van der Waals surface area contributed by atoms with Gasteiger partial charge in [-0.05, 0) is 30.2 Å². The number of hydrogen-bond donors (Lipinski definition) is 2. The average Bonchev–Trinajstić information content (AvgIpc) is 3.37. The zero-order valence-corrected chi connectivity index (χ0v) is 23.6. The number of likely N-dealkylation sites (N-methyl/N-ethyl adjacent to an activating group) is 1. The fraction of sp³-hybridized carbons (Fsp3) is 0.478. The highest BCUT2D eigenvalue weighted by molar-refractivity contribution is 9.11. The summed E-state index contributed by atoms with van der Waals surface area (Å²) in [5.41, 5.74) is -1.16. The van der Waals surface area contributed by atoms with E-state index in [9.17, 15) is 19.3 Å². The molecule has 3 heterocycles. The number of thioether (sulfide) groups is 1. The normalized spacial score (nSPS) is 29.3. The van der Waals surface area contributed by atoms with Crippen molar-refractivity contribution in [2.24, 2.45) is 0 Å². The number of aliphatic hydroxyl groups excluding tert-OH is 1. The Bertz CT molecular complexity index is 1260. The zero-order valence-electron chi connectivity index (χ0n) is 20.3. The number of H-pyrrole nitrogens is 1. The average molecular weight is 618 g/mol. The molecule has 0 radical (unpaired) electrons. The summed E-state index contributed by atoms with van der Waals surface area (Å²) in [5.74, 6) is 0. The molecule has 2 N–H and O–H groups in total. The molecule has 4 rings (SSSR count). The minimum atomic E-state index is -3.62. The van der Waals surface area contributed by atoms with Gasteiger partial charge in [0.25, 0.3) is 5.56 Å². The Hall–Kier alpha value is -1.54. The smallest absolute Gasteiger partial charge is 0.390 e. The van der Waals surface area contributed by atoms with Gasteiger partial charge in [-0.15, -0.1) is 0 Å². The van der Waals surface area contributed by atoms with Crippen molar-refractivity contribution in [2.75, 3.05) is 27.3 Å². The number of ether oxygens (including phenoxy) is 2. The Morgan fingerprint density at radius 2 is 2.11 bits per heavy atom. The van der Waals surface area contributed by atoms with E-state index in [0.29, 0.717) is 13.0 Å². The molecule has 202 valence electrons. The van der Waals surface area contributed by atoms with Crippen LogP contribution in [0, 0.1) is 0 Å². The van der Waals surface area contributed by atoms with Crippen molar-refractivity contribution in [3.8, 4) is 0 Å². The van der Waals surface area contributed by atoms with Crippen molar-refractivity contribution in [1.29, 1.82) is 0 Å². The van der Waals surface area contributed by atoms with Crippen LogP contribution in [0.4, 0.5) is 0 Å². The lowest BCUT2D eigenvalue weighted by Gasteiger charge is -2.22. The third kappa shape index (κ3) is 6.92. The van der Waals surface area contributed by atoms with E-state index in [4.69, 9.17) is 18.5 Å². The summed E-state index contributed by atoms with van der Waals surface area (Å²) in [7, 11) is -0.347. The number of methoxy groups -OCH3 is 1. The lowest BCUT2D eigenvalue weighted by molar-refractivity contribution is -0.0443. The van der Waals surface area contributed by atoms with Crippen LogP contribution in [0.25, 0.3) is 6.08 Å². The third-order valence-corrected chi connectivity index (χ3v) is 9.55. The maximum atomic E-state index is 13.4. The Kier molecular flexibility index (Phi) is 9.65. The van der Waals surface area contributed by atoms with Gasteiger partial charge < -0.3 is 14.6 Å². The molecule has 14 heteroatoms. The van der Waals surface area contributed by atoms with E-state index in [2.05, 4.69) is 20.9 Å². The predicted octanol–water partition coefficient (Wildman–Crippen LogP) is 3.16. The first-order valence-electron chi connectivity index (χ1n) is 11.6. The fourth-order valence-corrected chi connectivity index (χ4v) is 7.08. The highest BCUT2D eigenvalue weighted by atomic mass is 79.9. The minimum absolute atomic E-state index is 0.0906. The summed E-state index contributed by atoms with van der Waals surface area (Å²) in [5, 5.41) is 10.5. The van der Waals surface area contributed by atoms with Gasteiger partial charge in [0.15, 0.2) is 0 Å². The second kappa shape index (κ2) is 12.5. The Morgan fingerprint density at radius 3 is 2.81 bits per heavy atom. The molecule has 2 aromatic rings. The van der Waals surface area contributed by atoms with E-state index in [1.165, 1.54) is 26.5 Å². The first-order chi connectivity index (χ1) is 17.7. The molecule has 0 saturated carbocycles. The van der Waals surface area contributed by atoms with Crippen LogP contribution < -0.4 is 11.2 Å². The number of nitrogens with one attached hydrogen (secondary N) is 1. The van der Waals surface area contributed by atoms with E-state index >= 15 is 0 Å². The predicted molar refractivity (Wildman–Crippen MR) is 143 cm³/mol. The Labute approximate surface area is 226 Å². The van der Waals surface area contributed by atoms with Gasteiger partial charge in [0.05, 0.1) is 24.4 Å². The van der Waals surface area contributed by atoms with Gasteiger partial charge in [-0.25, -0.2) is 14.0 Å².